The van der Waals surface area contributed by atoms with E-state index in [-0.39, 0.29) is 11.2 Å². The number of fused-ring (bicyclic) bond motifs is 1. The average Bonchev–Trinajstić information content (AvgIpc) is 2.97. The fourth-order valence-corrected chi connectivity index (χ4v) is 2.78. The van der Waals surface area contributed by atoms with E-state index in [4.69, 9.17) is 0 Å². The summed E-state index contributed by atoms with van der Waals surface area (Å²) in [4.78, 5) is 29.6. The minimum absolute atomic E-state index is 0.0236. The zero-order valence-electron chi connectivity index (χ0n) is 12.0. The molecule has 1 aliphatic rings. The Labute approximate surface area is 121 Å². The highest BCUT2D eigenvalue weighted by Gasteiger charge is 2.22. The summed E-state index contributed by atoms with van der Waals surface area (Å²) in [5.74, 6) is 0.542. The molecule has 3 rings (SSSR count). The van der Waals surface area contributed by atoms with Gasteiger partial charge in [-0.3, -0.25) is 19.5 Å². The number of nitro groups is 1. The first-order valence-corrected chi connectivity index (χ1v) is 6.90. The molecule has 110 valence electrons. The van der Waals surface area contributed by atoms with Gasteiger partial charge in [0.2, 0.25) is 0 Å². The predicted molar refractivity (Wildman–Crippen MR) is 79.8 cm³/mol. The van der Waals surface area contributed by atoms with Crippen LogP contribution in [0.1, 0.15) is 18.7 Å². The monoisotopic (exact) mass is 288 g/mol. The molecule has 0 N–H and O–H groups in total. The molecule has 2 heterocycles. The Balaban J connectivity index is 2.38. The molecule has 0 aliphatic carbocycles. The van der Waals surface area contributed by atoms with E-state index in [1.165, 1.54) is 16.7 Å². The Bertz CT molecular complexity index is 791. The molecule has 0 bridgehead atoms. The third-order valence-electron chi connectivity index (χ3n) is 4.03. The number of benzene rings is 1. The van der Waals surface area contributed by atoms with Crippen LogP contribution < -0.4 is 10.5 Å². The van der Waals surface area contributed by atoms with E-state index in [0.29, 0.717) is 22.4 Å². The van der Waals surface area contributed by atoms with Gasteiger partial charge in [0.1, 0.15) is 5.82 Å². The second kappa shape index (κ2) is 4.83. The molecule has 7 nitrogen and oxygen atoms in total. The van der Waals surface area contributed by atoms with Gasteiger partial charge in [-0.05, 0) is 19.8 Å². The van der Waals surface area contributed by atoms with Gasteiger partial charge in [0, 0.05) is 32.3 Å². The number of non-ortho nitro benzene ring substituents is 1. The van der Waals surface area contributed by atoms with Crippen LogP contribution in [0.25, 0.3) is 10.9 Å². The topological polar surface area (TPSA) is 81.3 Å². The van der Waals surface area contributed by atoms with Crippen molar-refractivity contribution in [1.82, 2.24) is 9.55 Å². The minimum Gasteiger partial charge on any atom is -0.371 e. The lowest BCUT2D eigenvalue weighted by molar-refractivity contribution is -0.384. The number of rotatable bonds is 2. The average molecular weight is 288 g/mol. The van der Waals surface area contributed by atoms with E-state index in [9.17, 15) is 14.9 Å². The molecule has 7 heteroatoms. The van der Waals surface area contributed by atoms with Gasteiger partial charge in [-0.25, -0.2) is 4.98 Å². The van der Waals surface area contributed by atoms with Crippen molar-refractivity contribution in [2.75, 3.05) is 18.0 Å². The van der Waals surface area contributed by atoms with Crippen LogP contribution >= 0.6 is 0 Å². The Morgan fingerprint density at radius 2 is 1.95 bits per heavy atom. The van der Waals surface area contributed by atoms with Gasteiger partial charge < -0.3 is 4.90 Å². The molecule has 1 fully saturated rings. The van der Waals surface area contributed by atoms with Crippen molar-refractivity contribution in [3.05, 3.63) is 38.4 Å². The van der Waals surface area contributed by atoms with Crippen LogP contribution in [0.5, 0.6) is 0 Å². The van der Waals surface area contributed by atoms with Crippen molar-refractivity contribution in [1.29, 1.82) is 0 Å². The molecule has 2 aromatic rings. The highest BCUT2D eigenvalue weighted by Crippen LogP contribution is 2.31. The first kappa shape index (κ1) is 13.5. The molecular weight excluding hydrogens is 272 g/mol. The largest absolute Gasteiger partial charge is 0.371 e. The fraction of sp³-hybridized carbons (Fsp3) is 0.429. The van der Waals surface area contributed by atoms with Gasteiger partial charge in [0.05, 0.1) is 21.5 Å². The molecule has 1 aromatic heterocycles. The van der Waals surface area contributed by atoms with E-state index in [0.717, 1.165) is 25.9 Å². The van der Waals surface area contributed by atoms with Crippen LogP contribution in [0.15, 0.2) is 16.9 Å². The van der Waals surface area contributed by atoms with Crippen molar-refractivity contribution in [2.45, 2.75) is 19.8 Å². The predicted octanol–water partition coefficient (Wildman–Crippen LogP) is 1.75. The minimum atomic E-state index is -0.437. The van der Waals surface area contributed by atoms with Crippen LogP contribution in [0.3, 0.4) is 0 Å². The second-order valence-electron chi connectivity index (χ2n) is 5.33. The maximum atomic E-state index is 12.5. The number of nitro benzene ring substituents is 1. The quantitative estimate of drug-likeness (QED) is 0.621. The van der Waals surface area contributed by atoms with Crippen LogP contribution in [0, 0.1) is 17.0 Å². The number of aryl methyl sites for hydroxylation is 1. The van der Waals surface area contributed by atoms with Gasteiger partial charge in [-0.2, -0.15) is 0 Å². The zero-order valence-corrected chi connectivity index (χ0v) is 12.0. The highest BCUT2D eigenvalue weighted by atomic mass is 16.6. The van der Waals surface area contributed by atoms with E-state index < -0.39 is 4.92 Å². The van der Waals surface area contributed by atoms with E-state index in [1.807, 2.05) is 4.90 Å². The van der Waals surface area contributed by atoms with Crippen LogP contribution in [0.2, 0.25) is 0 Å². The SMILES string of the molecule is Cc1nc2cc([N+](=O)[O-])cc(N3CCCC3)c2c(=O)n1C. The summed E-state index contributed by atoms with van der Waals surface area (Å²) >= 11 is 0. The lowest BCUT2D eigenvalue weighted by atomic mass is 10.1. The lowest BCUT2D eigenvalue weighted by Gasteiger charge is -2.19. The van der Waals surface area contributed by atoms with Crippen molar-refractivity contribution in [3.8, 4) is 0 Å². The summed E-state index contributed by atoms with van der Waals surface area (Å²) in [6.07, 6.45) is 2.06. The van der Waals surface area contributed by atoms with Crippen LogP contribution in [0.4, 0.5) is 11.4 Å². The fourth-order valence-electron chi connectivity index (χ4n) is 2.78. The Kier molecular flexibility index (Phi) is 3.12. The Morgan fingerprint density at radius 1 is 1.29 bits per heavy atom. The van der Waals surface area contributed by atoms with Crippen molar-refractivity contribution in [3.63, 3.8) is 0 Å². The van der Waals surface area contributed by atoms with E-state index in [1.54, 1.807) is 14.0 Å². The maximum Gasteiger partial charge on any atom is 0.273 e. The zero-order chi connectivity index (χ0) is 15.1. The first-order chi connectivity index (χ1) is 9.99. The van der Waals surface area contributed by atoms with Crippen LogP contribution in [-0.4, -0.2) is 27.6 Å². The first-order valence-electron chi connectivity index (χ1n) is 6.90. The van der Waals surface area contributed by atoms with Crippen LogP contribution in [-0.2, 0) is 7.05 Å². The maximum absolute atomic E-state index is 12.5. The molecule has 0 spiro atoms. The van der Waals surface area contributed by atoms with Crippen molar-refractivity contribution in [2.24, 2.45) is 7.05 Å². The van der Waals surface area contributed by atoms with Crippen molar-refractivity contribution >= 4 is 22.3 Å². The third-order valence-corrected chi connectivity index (χ3v) is 4.03. The van der Waals surface area contributed by atoms with Gasteiger partial charge in [0.25, 0.3) is 11.2 Å². The summed E-state index contributed by atoms with van der Waals surface area (Å²) in [5, 5.41) is 11.6. The Hall–Kier alpha value is -2.44. The van der Waals surface area contributed by atoms with Crippen molar-refractivity contribution < 1.29 is 4.92 Å². The summed E-state index contributed by atoms with van der Waals surface area (Å²) < 4.78 is 1.48. The molecule has 1 aromatic carbocycles. The lowest BCUT2D eigenvalue weighted by Crippen LogP contribution is -2.25. The van der Waals surface area contributed by atoms with E-state index >= 15 is 0 Å². The van der Waals surface area contributed by atoms with E-state index in [2.05, 4.69) is 4.98 Å². The molecule has 0 atom stereocenters. The van der Waals surface area contributed by atoms with Gasteiger partial charge in [-0.15, -0.1) is 0 Å². The molecule has 1 aliphatic heterocycles. The molecule has 0 saturated carbocycles. The number of hydrogen-bond donors (Lipinski definition) is 0. The summed E-state index contributed by atoms with van der Waals surface area (Å²) in [6.45, 7) is 3.34. The number of hydrogen-bond acceptors (Lipinski definition) is 5. The molecule has 1 saturated heterocycles. The summed E-state index contributed by atoms with van der Waals surface area (Å²) in [6, 6.07) is 2.87. The van der Waals surface area contributed by atoms with Gasteiger partial charge in [-0.1, -0.05) is 0 Å². The highest BCUT2D eigenvalue weighted by molar-refractivity contribution is 5.93. The molecule has 0 unspecified atom stereocenters. The number of aromatic nitrogens is 2. The number of nitrogens with zero attached hydrogens (tertiary/aromatic N) is 4. The molecule has 0 radical (unpaired) electrons. The normalized spacial score (nSPS) is 14.9. The Morgan fingerprint density at radius 3 is 2.57 bits per heavy atom. The molecular formula is C14H16N4O3. The molecule has 21 heavy (non-hydrogen) atoms. The molecule has 0 amide bonds. The third kappa shape index (κ3) is 2.14. The van der Waals surface area contributed by atoms with Gasteiger partial charge in [0.15, 0.2) is 0 Å². The summed E-state index contributed by atoms with van der Waals surface area (Å²) in [7, 11) is 1.67. The standard InChI is InChI=1S/C14H16N4O3/c1-9-15-11-7-10(18(20)21)8-12(17-5-3-4-6-17)13(11)14(19)16(9)2/h7-8H,3-6H2,1-2H3. The van der Waals surface area contributed by atoms with Gasteiger partial charge >= 0.3 is 0 Å². The summed E-state index contributed by atoms with van der Waals surface area (Å²) in [5.41, 5.74) is 0.843. The smallest absolute Gasteiger partial charge is 0.273 e. The second-order valence-corrected chi connectivity index (χ2v) is 5.33. The number of anilines is 1.